The van der Waals surface area contributed by atoms with E-state index in [1.807, 2.05) is 42.8 Å². The number of nitrogens with one attached hydrogen (secondary N) is 1. The molecule has 0 radical (unpaired) electrons. The van der Waals surface area contributed by atoms with Gasteiger partial charge < -0.3 is 10.1 Å². The Labute approximate surface area is 165 Å². The molecule has 5 nitrogen and oxygen atoms in total. The van der Waals surface area contributed by atoms with Crippen LogP contribution in [0.1, 0.15) is 28.1 Å². The van der Waals surface area contributed by atoms with Gasteiger partial charge in [0, 0.05) is 17.3 Å². The van der Waals surface area contributed by atoms with Gasteiger partial charge in [0.2, 0.25) is 5.91 Å². The van der Waals surface area contributed by atoms with Crippen LogP contribution in [0.5, 0.6) is 5.75 Å². The molecule has 0 fully saturated rings. The van der Waals surface area contributed by atoms with Gasteiger partial charge in [-0.3, -0.25) is 9.48 Å². The van der Waals surface area contributed by atoms with E-state index in [4.69, 9.17) is 4.74 Å². The van der Waals surface area contributed by atoms with E-state index < -0.39 is 0 Å². The van der Waals surface area contributed by atoms with Crippen molar-refractivity contribution in [2.75, 3.05) is 12.4 Å². The fourth-order valence-electron chi connectivity index (χ4n) is 3.05. The van der Waals surface area contributed by atoms with Crippen LogP contribution in [0.15, 0.2) is 54.6 Å². The van der Waals surface area contributed by atoms with E-state index in [-0.39, 0.29) is 5.91 Å². The standard InChI is InChI=1S/C23H25N3O2/c1-16-9-11-19(12-10-16)15-26-18(3)20(17(2)25-26)13-14-23(27)24-21-7-5-6-8-22(21)28-4/h5-14H,15H2,1-4H3,(H,24,27)/b14-13+. The maximum Gasteiger partial charge on any atom is 0.248 e. The second-order valence-corrected chi connectivity index (χ2v) is 6.75. The molecule has 0 aliphatic carbocycles. The van der Waals surface area contributed by atoms with E-state index in [0.717, 1.165) is 17.0 Å². The minimum atomic E-state index is -0.213. The van der Waals surface area contributed by atoms with Gasteiger partial charge in [-0.15, -0.1) is 0 Å². The van der Waals surface area contributed by atoms with E-state index in [2.05, 4.69) is 41.6 Å². The van der Waals surface area contributed by atoms with Crippen molar-refractivity contribution in [1.29, 1.82) is 0 Å². The van der Waals surface area contributed by atoms with Crippen molar-refractivity contribution in [2.45, 2.75) is 27.3 Å². The Morgan fingerprint density at radius 2 is 1.82 bits per heavy atom. The first-order valence-corrected chi connectivity index (χ1v) is 9.19. The molecular formula is C23H25N3O2. The normalized spacial score (nSPS) is 11.0. The zero-order valence-electron chi connectivity index (χ0n) is 16.7. The summed E-state index contributed by atoms with van der Waals surface area (Å²) in [4.78, 5) is 12.3. The van der Waals surface area contributed by atoms with Crippen LogP contribution in [-0.2, 0) is 11.3 Å². The van der Waals surface area contributed by atoms with Crippen LogP contribution in [0.3, 0.4) is 0 Å². The Bertz CT molecular complexity index is 1000. The molecule has 0 saturated heterocycles. The first-order chi connectivity index (χ1) is 13.5. The maximum absolute atomic E-state index is 12.3. The molecule has 1 N–H and O–H groups in total. The number of ether oxygens (including phenoxy) is 1. The summed E-state index contributed by atoms with van der Waals surface area (Å²) >= 11 is 0. The van der Waals surface area contributed by atoms with Gasteiger partial charge in [-0.2, -0.15) is 5.10 Å². The molecule has 2 aromatic carbocycles. The number of hydrogen-bond donors (Lipinski definition) is 1. The van der Waals surface area contributed by atoms with Crippen molar-refractivity contribution >= 4 is 17.7 Å². The summed E-state index contributed by atoms with van der Waals surface area (Å²) in [5.74, 6) is 0.414. The highest BCUT2D eigenvalue weighted by Crippen LogP contribution is 2.23. The first-order valence-electron chi connectivity index (χ1n) is 9.19. The summed E-state index contributed by atoms with van der Waals surface area (Å²) in [7, 11) is 1.58. The number of anilines is 1. The van der Waals surface area contributed by atoms with Crippen molar-refractivity contribution in [3.05, 3.63) is 82.7 Å². The summed E-state index contributed by atoms with van der Waals surface area (Å²) in [6.45, 7) is 6.75. The third-order valence-electron chi connectivity index (χ3n) is 4.66. The third kappa shape index (κ3) is 4.49. The average molecular weight is 375 g/mol. The van der Waals surface area contributed by atoms with Crippen molar-refractivity contribution in [3.8, 4) is 5.75 Å². The number of para-hydroxylation sites is 2. The van der Waals surface area contributed by atoms with Crippen molar-refractivity contribution in [2.24, 2.45) is 0 Å². The number of carbonyl (C=O) groups is 1. The molecule has 0 aliphatic rings. The van der Waals surface area contributed by atoms with Crippen molar-refractivity contribution in [1.82, 2.24) is 9.78 Å². The van der Waals surface area contributed by atoms with Crippen LogP contribution in [0, 0.1) is 20.8 Å². The predicted octanol–water partition coefficient (Wildman–Crippen LogP) is 4.52. The van der Waals surface area contributed by atoms with E-state index in [1.165, 1.54) is 17.2 Å². The Balaban J connectivity index is 1.74. The van der Waals surface area contributed by atoms with Gasteiger partial charge in [0.15, 0.2) is 0 Å². The first kappa shape index (κ1) is 19.4. The summed E-state index contributed by atoms with van der Waals surface area (Å²) in [6.07, 6.45) is 3.34. The van der Waals surface area contributed by atoms with Gasteiger partial charge in [0.1, 0.15) is 5.75 Å². The summed E-state index contributed by atoms with van der Waals surface area (Å²) in [5.41, 5.74) is 5.96. The molecule has 5 heteroatoms. The predicted molar refractivity (Wildman–Crippen MR) is 113 cm³/mol. The summed E-state index contributed by atoms with van der Waals surface area (Å²) in [5, 5.41) is 7.48. The van der Waals surface area contributed by atoms with Gasteiger partial charge >= 0.3 is 0 Å². The minimum absolute atomic E-state index is 0.213. The van der Waals surface area contributed by atoms with Crippen LogP contribution in [0.2, 0.25) is 0 Å². The number of methoxy groups -OCH3 is 1. The molecule has 3 aromatic rings. The van der Waals surface area contributed by atoms with Gasteiger partial charge in [-0.25, -0.2) is 0 Å². The molecule has 28 heavy (non-hydrogen) atoms. The Kier molecular flexibility index (Phi) is 5.94. The van der Waals surface area contributed by atoms with Crippen molar-refractivity contribution < 1.29 is 9.53 Å². The monoisotopic (exact) mass is 375 g/mol. The lowest BCUT2D eigenvalue weighted by molar-refractivity contribution is -0.111. The average Bonchev–Trinajstić information content (AvgIpc) is 2.95. The van der Waals surface area contributed by atoms with Crippen LogP contribution in [0.4, 0.5) is 5.69 Å². The maximum atomic E-state index is 12.3. The molecule has 0 atom stereocenters. The second-order valence-electron chi connectivity index (χ2n) is 6.75. The number of rotatable bonds is 6. The van der Waals surface area contributed by atoms with Crippen LogP contribution >= 0.6 is 0 Å². The molecule has 1 aromatic heterocycles. The van der Waals surface area contributed by atoms with Gasteiger partial charge in [0.25, 0.3) is 0 Å². The fraction of sp³-hybridized carbons (Fsp3) is 0.217. The fourth-order valence-corrected chi connectivity index (χ4v) is 3.05. The van der Waals surface area contributed by atoms with E-state index in [9.17, 15) is 4.79 Å². The quantitative estimate of drug-likeness (QED) is 0.645. The number of aromatic nitrogens is 2. The van der Waals surface area contributed by atoms with E-state index >= 15 is 0 Å². The molecule has 0 aliphatic heterocycles. The highest BCUT2D eigenvalue weighted by atomic mass is 16.5. The number of aryl methyl sites for hydroxylation is 2. The van der Waals surface area contributed by atoms with Crippen LogP contribution in [-0.4, -0.2) is 22.8 Å². The Hall–Kier alpha value is -3.34. The lowest BCUT2D eigenvalue weighted by Gasteiger charge is -2.08. The molecule has 3 rings (SSSR count). The molecule has 1 heterocycles. The number of amides is 1. The highest BCUT2D eigenvalue weighted by Gasteiger charge is 2.10. The Morgan fingerprint density at radius 3 is 2.54 bits per heavy atom. The summed E-state index contributed by atoms with van der Waals surface area (Å²) < 4.78 is 7.23. The smallest absolute Gasteiger partial charge is 0.248 e. The molecular weight excluding hydrogens is 350 g/mol. The second kappa shape index (κ2) is 8.57. The lowest BCUT2D eigenvalue weighted by atomic mass is 10.1. The van der Waals surface area contributed by atoms with Crippen molar-refractivity contribution in [3.63, 3.8) is 0 Å². The van der Waals surface area contributed by atoms with Crippen LogP contribution in [0.25, 0.3) is 6.08 Å². The third-order valence-corrected chi connectivity index (χ3v) is 4.66. The minimum Gasteiger partial charge on any atom is -0.495 e. The summed E-state index contributed by atoms with van der Waals surface area (Å²) in [6, 6.07) is 15.8. The molecule has 0 spiro atoms. The molecule has 0 saturated carbocycles. The molecule has 1 amide bonds. The van der Waals surface area contributed by atoms with Gasteiger partial charge in [0.05, 0.1) is 25.0 Å². The number of hydrogen-bond acceptors (Lipinski definition) is 3. The zero-order valence-corrected chi connectivity index (χ0v) is 16.7. The zero-order chi connectivity index (χ0) is 20.1. The topological polar surface area (TPSA) is 56.1 Å². The number of benzene rings is 2. The van der Waals surface area contributed by atoms with Gasteiger partial charge in [-0.05, 0) is 44.5 Å². The van der Waals surface area contributed by atoms with Gasteiger partial charge in [-0.1, -0.05) is 42.0 Å². The molecule has 0 unspecified atom stereocenters. The largest absolute Gasteiger partial charge is 0.495 e. The molecule has 144 valence electrons. The van der Waals surface area contributed by atoms with Crippen LogP contribution < -0.4 is 10.1 Å². The van der Waals surface area contributed by atoms with E-state index in [0.29, 0.717) is 18.0 Å². The lowest BCUT2D eigenvalue weighted by Crippen LogP contribution is -2.08. The Morgan fingerprint density at radius 1 is 1.11 bits per heavy atom. The number of carbonyl (C=O) groups excluding carboxylic acids is 1. The van der Waals surface area contributed by atoms with E-state index in [1.54, 1.807) is 13.2 Å². The SMILES string of the molecule is COc1ccccc1NC(=O)/C=C/c1c(C)nn(Cc2ccc(C)cc2)c1C. The number of nitrogens with zero attached hydrogens (tertiary/aromatic N) is 2. The molecule has 0 bridgehead atoms. The highest BCUT2D eigenvalue weighted by molar-refractivity contribution is 6.02.